The van der Waals surface area contributed by atoms with Crippen LogP contribution < -0.4 is 0 Å². The van der Waals surface area contributed by atoms with Gasteiger partial charge in [-0.25, -0.2) is 0 Å². The van der Waals surface area contributed by atoms with Crippen molar-refractivity contribution in [1.82, 2.24) is 0 Å². The molecule has 0 spiro atoms. The highest BCUT2D eigenvalue weighted by Crippen LogP contribution is 2.10. The Bertz CT molecular complexity index is 276. The lowest BCUT2D eigenvalue weighted by atomic mass is 10.2. The third-order valence-corrected chi connectivity index (χ3v) is 2.10. The molecule has 2 heteroatoms. The molecule has 1 rings (SSSR count). The Hall–Kier alpha value is -1.15. The fraction of sp³-hybridized carbons (Fsp3) is 0.462. The Labute approximate surface area is 92.0 Å². The van der Waals surface area contributed by atoms with E-state index in [-0.39, 0.29) is 6.10 Å². The molecule has 0 aliphatic carbocycles. The molecule has 0 fully saturated rings. The molecular formula is C13H19NO. The van der Waals surface area contributed by atoms with E-state index in [1.807, 2.05) is 43.5 Å². The van der Waals surface area contributed by atoms with Crippen LogP contribution in [0.15, 0.2) is 35.3 Å². The summed E-state index contributed by atoms with van der Waals surface area (Å²) in [4.78, 5) is 4.39. The van der Waals surface area contributed by atoms with Gasteiger partial charge in [0.25, 0.3) is 0 Å². The molecule has 0 radical (unpaired) electrons. The van der Waals surface area contributed by atoms with Gasteiger partial charge in [0.15, 0.2) is 0 Å². The van der Waals surface area contributed by atoms with E-state index in [0.29, 0.717) is 0 Å². The van der Waals surface area contributed by atoms with Crippen LogP contribution in [0.1, 0.15) is 26.7 Å². The predicted molar refractivity (Wildman–Crippen MR) is 64.9 cm³/mol. The molecule has 1 unspecified atom stereocenters. The van der Waals surface area contributed by atoms with Gasteiger partial charge in [-0.1, -0.05) is 31.5 Å². The van der Waals surface area contributed by atoms with Crippen molar-refractivity contribution in [1.29, 1.82) is 0 Å². The van der Waals surface area contributed by atoms with Crippen LogP contribution in [0.3, 0.4) is 0 Å². The van der Waals surface area contributed by atoms with Crippen molar-refractivity contribution < 1.29 is 4.74 Å². The van der Waals surface area contributed by atoms with Crippen molar-refractivity contribution in [3.05, 3.63) is 30.3 Å². The van der Waals surface area contributed by atoms with E-state index < -0.39 is 0 Å². The lowest BCUT2D eigenvalue weighted by molar-refractivity contribution is 0.106. The van der Waals surface area contributed by atoms with Gasteiger partial charge in [-0.15, -0.1) is 0 Å². The summed E-state index contributed by atoms with van der Waals surface area (Å²) in [6.07, 6.45) is 4.21. The van der Waals surface area contributed by atoms with E-state index in [2.05, 4.69) is 11.9 Å². The van der Waals surface area contributed by atoms with Crippen LogP contribution in [0.4, 0.5) is 5.69 Å². The molecule has 0 amide bonds. The number of rotatable bonds is 6. The molecule has 0 bridgehead atoms. The first kappa shape index (κ1) is 11.9. The smallest absolute Gasteiger partial charge is 0.0926 e. The molecule has 0 aliphatic heterocycles. The first-order chi connectivity index (χ1) is 7.36. The van der Waals surface area contributed by atoms with Crippen LogP contribution in [-0.2, 0) is 4.74 Å². The lowest BCUT2D eigenvalue weighted by Crippen LogP contribution is -2.13. The number of ether oxygens (including phenoxy) is 1. The highest BCUT2D eigenvalue weighted by Gasteiger charge is 2.02. The maximum absolute atomic E-state index is 5.55. The van der Waals surface area contributed by atoms with Crippen LogP contribution in [0.2, 0.25) is 0 Å². The van der Waals surface area contributed by atoms with Crippen molar-refractivity contribution in [3.8, 4) is 0 Å². The first-order valence-corrected chi connectivity index (χ1v) is 5.57. The zero-order chi connectivity index (χ0) is 10.9. The highest BCUT2D eigenvalue weighted by molar-refractivity contribution is 5.67. The van der Waals surface area contributed by atoms with Crippen LogP contribution >= 0.6 is 0 Å². The zero-order valence-corrected chi connectivity index (χ0v) is 9.52. The zero-order valence-electron chi connectivity index (χ0n) is 9.52. The Kier molecular flexibility index (Phi) is 5.71. The van der Waals surface area contributed by atoms with Crippen LogP contribution in [0.5, 0.6) is 0 Å². The maximum Gasteiger partial charge on any atom is 0.0926 e. The van der Waals surface area contributed by atoms with Gasteiger partial charge in [0.05, 0.1) is 11.8 Å². The average Bonchev–Trinajstić information content (AvgIpc) is 2.28. The molecule has 0 saturated carbocycles. The average molecular weight is 205 g/mol. The molecule has 82 valence electrons. The minimum atomic E-state index is 0.153. The molecule has 1 aromatic rings. The Morgan fingerprint density at radius 3 is 2.60 bits per heavy atom. The SMILES string of the molecule is CCCC(C=Nc1ccccc1)OCC. The maximum atomic E-state index is 5.55. The van der Waals surface area contributed by atoms with E-state index in [0.717, 1.165) is 25.1 Å². The molecule has 0 heterocycles. The molecule has 0 aliphatic rings. The normalized spacial score (nSPS) is 13.2. The summed E-state index contributed by atoms with van der Waals surface area (Å²) < 4.78 is 5.55. The number of para-hydroxylation sites is 1. The number of nitrogens with zero attached hydrogens (tertiary/aromatic N) is 1. The van der Waals surface area contributed by atoms with Gasteiger partial charge in [-0.05, 0) is 25.5 Å². The predicted octanol–water partition coefficient (Wildman–Crippen LogP) is 3.59. The molecule has 0 saturated heterocycles. The fourth-order valence-corrected chi connectivity index (χ4v) is 1.38. The summed E-state index contributed by atoms with van der Waals surface area (Å²) in [5.74, 6) is 0. The largest absolute Gasteiger partial charge is 0.373 e. The summed E-state index contributed by atoms with van der Waals surface area (Å²) in [5, 5.41) is 0. The quantitative estimate of drug-likeness (QED) is 0.650. The molecule has 15 heavy (non-hydrogen) atoms. The molecule has 1 aromatic carbocycles. The van der Waals surface area contributed by atoms with Crippen molar-refractivity contribution in [2.45, 2.75) is 32.8 Å². The number of benzene rings is 1. The number of hydrogen-bond acceptors (Lipinski definition) is 2. The molecule has 1 atom stereocenters. The Morgan fingerprint density at radius 1 is 1.27 bits per heavy atom. The van der Waals surface area contributed by atoms with E-state index in [1.54, 1.807) is 0 Å². The lowest BCUT2D eigenvalue weighted by Gasteiger charge is -2.10. The first-order valence-electron chi connectivity index (χ1n) is 5.57. The second-order valence-corrected chi connectivity index (χ2v) is 3.40. The van der Waals surface area contributed by atoms with Gasteiger partial charge in [0.2, 0.25) is 0 Å². The van der Waals surface area contributed by atoms with E-state index >= 15 is 0 Å². The van der Waals surface area contributed by atoms with Crippen molar-refractivity contribution in [2.75, 3.05) is 6.61 Å². The molecule has 0 N–H and O–H groups in total. The Balaban J connectivity index is 2.53. The third kappa shape index (κ3) is 4.75. The second kappa shape index (κ2) is 7.18. The van der Waals surface area contributed by atoms with Crippen LogP contribution in [0.25, 0.3) is 0 Å². The summed E-state index contributed by atoms with van der Waals surface area (Å²) in [7, 11) is 0. The van der Waals surface area contributed by atoms with Gasteiger partial charge >= 0.3 is 0 Å². The van der Waals surface area contributed by atoms with Crippen molar-refractivity contribution >= 4 is 11.9 Å². The second-order valence-electron chi connectivity index (χ2n) is 3.40. The molecule has 2 nitrogen and oxygen atoms in total. The summed E-state index contributed by atoms with van der Waals surface area (Å²) >= 11 is 0. The van der Waals surface area contributed by atoms with Gasteiger partial charge in [0.1, 0.15) is 0 Å². The van der Waals surface area contributed by atoms with Gasteiger partial charge in [0, 0.05) is 12.8 Å². The highest BCUT2D eigenvalue weighted by atomic mass is 16.5. The number of hydrogen-bond donors (Lipinski definition) is 0. The van der Waals surface area contributed by atoms with Crippen molar-refractivity contribution in [3.63, 3.8) is 0 Å². The monoisotopic (exact) mass is 205 g/mol. The summed E-state index contributed by atoms with van der Waals surface area (Å²) in [6.45, 7) is 4.91. The Morgan fingerprint density at radius 2 is 2.00 bits per heavy atom. The topological polar surface area (TPSA) is 21.6 Å². The third-order valence-electron chi connectivity index (χ3n) is 2.10. The van der Waals surface area contributed by atoms with Crippen molar-refractivity contribution in [2.24, 2.45) is 4.99 Å². The summed E-state index contributed by atoms with van der Waals surface area (Å²) in [5.41, 5.74) is 0.985. The minimum Gasteiger partial charge on any atom is -0.373 e. The van der Waals surface area contributed by atoms with E-state index in [4.69, 9.17) is 4.74 Å². The fourth-order valence-electron chi connectivity index (χ4n) is 1.38. The van der Waals surface area contributed by atoms with Gasteiger partial charge in [-0.2, -0.15) is 0 Å². The van der Waals surface area contributed by atoms with E-state index in [9.17, 15) is 0 Å². The van der Waals surface area contributed by atoms with E-state index in [1.165, 1.54) is 0 Å². The van der Waals surface area contributed by atoms with Gasteiger partial charge < -0.3 is 4.74 Å². The number of aliphatic imine (C=N–C) groups is 1. The van der Waals surface area contributed by atoms with Crippen LogP contribution in [0, 0.1) is 0 Å². The van der Waals surface area contributed by atoms with Crippen LogP contribution in [-0.4, -0.2) is 18.9 Å². The molecule has 0 aromatic heterocycles. The summed E-state index contributed by atoms with van der Waals surface area (Å²) in [6, 6.07) is 9.95. The standard InChI is InChI=1S/C13H19NO/c1-3-8-13(15-4-2)11-14-12-9-6-5-7-10-12/h5-7,9-11,13H,3-4,8H2,1-2H3. The van der Waals surface area contributed by atoms with Gasteiger partial charge in [-0.3, -0.25) is 4.99 Å². The minimum absolute atomic E-state index is 0.153. The molecular weight excluding hydrogens is 186 g/mol.